The summed E-state index contributed by atoms with van der Waals surface area (Å²) in [6, 6.07) is 13.1. The van der Waals surface area contributed by atoms with Crippen molar-refractivity contribution in [2.75, 3.05) is 27.4 Å². The van der Waals surface area contributed by atoms with Crippen LogP contribution in [0.1, 0.15) is 53.6 Å². The quantitative estimate of drug-likeness (QED) is 0.288. The summed E-state index contributed by atoms with van der Waals surface area (Å²) in [5.41, 5.74) is 2.03. The first kappa shape index (κ1) is 26.4. The number of Topliss-reactive ketones (excluding diaryl/α,β-unsaturated/α-hetero) is 1. The van der Waals surface area contributed by atoms with E-state index in [0.717, 1.165) is 37.0 Å². The zero-order valence-electron chi connectivity index (χ0n) is 19.5. The fourth-order valence-electron chi connectivity index (χ4n) is 4.32. The van der Waals surface area contributed by atoms with Crippen LogP contribution in [-0.2, 0) is 24.6 Å². The second-order valence-electron chi connectivity index (χ2n) is 8.37. The van der Waals surface area contributed by atoms with Crippen LogP contribution in [0.5, 0.6) is 0 Å². The van der Waals surface area contributed by atoms with Gasteiger partial charge in [-0.1, -0.05) is 65.7 Å². The predicted molar refractivity (Wildman–Crippen MR) is 134 cm³/mol. The van der Waals surface area contributed by atoms with E-state index in [0.29, 0.717) is 13.0 Å². The van der Waals surface area contributed by atoms with Crippen LogP contribution >= 0.6 is 23.2 Å². The topological polar surface area (TPSA) is 61.8 Å². The van der Waals surface area contributed by atoms with Crippen molar-refractivity contribution in [1.29, 1.82) is 0 Å². The van der Waals surface area contributed by atoms with Crippen LogP contribution in [0.2, 0.25) is 10.0 Å². The summed E-state index contributed by atoms with van der Waals surface area (Å²) in [7, 11) is 3.07. The molecule has 0 saturated carbocycles. The second kappa shape index (κ2) is 12.5. The molecule has 0 spiro atoms. The van der Waals surface area contributed by atoms with E-state index in [-0.39, 0.29) is 33.4 Å². The third kappa shape index (κ3) is 6.48. The summed E-state index contributed by atoms with van der Waals surface area (Å²) in [5, 5.41) is 0.539. The van der Waals surface area contributed by atoms with E-state index in [4.69, 9.17) is 37.4 Å². The molecule has 1 fully saturated rings. The number of allylic oxidation sites excluding steroid dienone is 1. The fraction of sp³-hybridized carbons (Fsp3) is 0.407. The third-order valence-electron chi connectivity index (χ3n) is 6.29. The van der Waals surface area contributed by atoms with E-state index >= 15 is 0 Å². The molecule has 1 heterocycles. The minimum atomic E-state index is -0.636. The summed E-state index contributed by atoms with van der Waals surface area (Å²) < 4.78 is 16.4. The van der Waals surface area contributed by atoms with Gasteiger partial charge in [-0.15, -0.1) is 0 Å². The molecule has 3 rings (SSSR count). The number of carbonyl (C=O) groups excluding carboxylic acids is 2. The highest BCUT2D eigenvalue weighted by Crippen LogP contribution is 2.36. The van der Waals surface area contributed by atoms with Crippen molar-refractivity contribution < 1.29 is 23.8 Å². The van der Waals surface area contributed by atoms with Gasteiger partial charge in [0.25, 0.3) is 0 Å². The maximum absolute atomic E-state index is 12.8. The smallest absolute Gasteiger partial charge is 0.309 e. The minimum Gasteiger partial charge on any atom is -0.469 e. The summed E-state index contributed by atoms with van der Waals surface area (Å²) >= 11 is 12.3. The molecule has 0 aromatic heterocycles. The van der Waals surface area contributed by atoms with Crippen molar-refractivity contribution in [1.82, 2.24) is 0 Å². The summed E-state index contributed by atoms with van der Waals surface area (Å²) in [6.45, 7) is 1.45. The van der Waals surface area contributed by atoms with Crippen molar-refractivity contribution >= 4 is 41.0 Å². The zero-order chi connectivity index (χ0) is 24.6. The van der Waals surface area contributed by atoms with Gasteiger partial charge in [0.1, 0.15) is 0 Å². The minimum absolute atomic E-state index is 0.0438. The molecule has 34 heavy (non-hydrogen) atoms. The van der Waals surface area contributed by atoms with Crippen molar-refractivity contribution in [3.63, 3.8) is 0 Å². The Balaban J connectivity index is 1.68. The van der Waals surface area contributed by atoms with Crippen LogP contribution in [0.3, 0.4) is 0 Å². The van der Waals surface area contributed by atoms with E-state index in [9.17, 15) is 9.59 Å². The Morgan fingerprint density at radius 3 is 2.41 bits per heavy atom. The van der Waals surface area contributed by atoms with Crippen molar-refractivity contribution in [2.45, 2.75) is 37.7 Å². The van der Waals surface area contributed by atoms with Gasteiger partial charge in [-0.25, -0.2) is 0 Å². The molecular weight excluding hydrogens is 475 g/mol. The predicted octanol–water partition coefficient (Wildman–Crippen LogP) is 6.50. The average Bonchev–Trinajstić information content (AvgIpc) is 3.10. The average molecular weight is 505 g/mol. The number of esters is 1. The zero-order valence-corrected chi connectivity index (χ0v) is 21.0. The van der Waals surface area contributed by atoms with Gasteiger partial charge in [0.05, 0.1) is 34.2 Å². The first-order chi connectivity index (χ1) is 16.4. The van der Waals surface area contributed by atoms with Gasteiger partial charge >= 0.3 is 5.97 Å². The Labute approximate surface area is 211 Å². The van der Waals surface area contributed by atoms with Gasteiger partial charge in [0.15, 0.2) is 5.78 Å². The molecule has 1 aliphatic heterocycles. The highest BCUT2D eigenvalue weighted by atomic mass is 35.5. The standard InChI is InChI=1S/C27H30Cl2O5/c1-32-26(31)20(18-24(30)25-22(28)8-4-9-23(25)29)7-3-6-19-10-12-21(13-11-19)27(33-2)14-5-16-34-17-15-27/h3-4,6,8-13,20H,5,7,14-18H2,1-2H3/b6-3+. The maximum atomic E-state index is 12.8. The van der Waals surface area contributed by atoms with E-state index in [2.05, 4.69) is 12.1 Å². The van der Waals surface area contributed by atoms with Gasteiger partial charge in [0, 0.05) is 33.2 Å². The van der Waals surface area contributed by atoms with Gasteiger partial charge in [-0.3, -0.25) is 9.59 Å². The number of hydrogen-bond donors (Lipinski definition) is 0. The lowest BCUT2D eigenvalue weighted by Crippen LogP contribution is -2.28. The SMILES string of the molecule is COC(=O)C(C/C=C/c1ccc(C2(OC)CCCOCC2)cc1)CC(=O)c1c(Cl)cccc1Cl. The van der Waals surface area contributed by atoms with E-state index in [1.54, 1.807) is 25.3 Å². The lowest BCUT2D eigenvalue weighted by Gasteiger charge is -2.31. The summed E-state index contributed by atoms with van der Waals surface area (Å²) in [5.74, 6) is -1.38. The third-order valence-corrected chi connectivity index (χ3v) is 6.92. The van der Waals surface area contributed by atoms with Crippen LogP contribution in [0.4, 0.5) is 0 Å². The molecule has 0 bridgehead atoms. The summed E-state index contributed by atoms with van der Waals surface area (Å²) in [6.07, 6.45) is 6.82. The first-order valence-electron chi connectivity index (χ1n) is 11.3. The molecule has 1 saturated heterocycles. The number of halogens is 2. The van der Waals surface area contributed by atoms with Crippen LogP contribution in [0, 0.1) is 5.92 Å². The molecular formula is C27H30Cl2O5. The van der Waals surface area contributed by atoms with Crippen LogP contribution in [0.15, 0.2) is 48.5 Å². The molecule has 1 aliphatic rings. The fourth-order valence-corrected chi connectivity index (χ4v) is 4.93. The Bertz CT molecular complexity index is 988. The molecule has 2 aromatic rings. The van der Waals surface area contributed by atoms with Crippen molar-refractivity contribution in [3.8, 4) is 0 Å². The maximum Gasteiger partial charge on any atom is 0.309 e. The van der Waals surface area contributed by atoms with E-state index in [1.165, 1.54) is 7.11 Å². The van der Waals surface area contributed by atoms with E-state index < -0.39 is 11.9 Å². The molecule has 0 aliphatic carbocycles. The molecule has 182 valence electrons. The number of carbonyl (C=O) groups is 2. The van der Waals surface area contributed by atoms with Gasteiger partial charge in [0.2, 0.25) is 0 Å². The van der Waals surface area contributed by atoms with Gasteiger partial charge < -0.3 is 14.2 Å². The van der Waals surface area contributed by atoms with Crippen molar-refractivity contribution in [3.05, 3.63) is 75.3 Å². The molecule has 2 atom stereocenters. The number of ketones is 1. The molecule has 7 heteroatoms. The van der Waals surface area contributed by atoms with Crippen LogP contribution < -0.4 is 0 Å². The highest BCUT2D eigenvalue weighted by molar-refractivity contribution is 6.39. The molecule has 0 amide bonds. The van der Waals surface area contributed by atoms with Crippen LogP contribution in [0.25, 0.3) is 6.08 Å². The molecule has 5 nitrogen and oxygen atoms in total. The molecule has 2 aromatic carbocycles. The Morgan fingerprint density at radius 1 is 1.06 bits per heavy atom. The number of benzene rings is 2. The number of rotatable bonds is 9. The molecule has 2 unspecified atom stereocenters. The highest BCUT2D eigenvalue weighted by Gasteiger charge is 2.33. The van der Waals surface area contributed by atoms with Gasteiger partial charge in [-0.2, -0.15) is 0 Å². The summed E-state index contributed by atoms with van der Waals surface area (Å²) in [4.78, 5) is 25.1. The van der Waals surface area contributed by atoms with Crippen LogP contribution in [-0.4, -0.2) is 39.2 Å². The normalized spacial score (nSPS) is 19.5. The second-order valence-corrected chi connectivity index (χ2v) is 9.18. The monoisotopic (exact) mass is 504 g/mol. The first-order valence-corrected chi connectivity index (χ1v) is 12.1. The van der Waals surface area contributed by atoms with Gasteiger partial charge in [-0.05, 0) is 42.5 Å². The number of ether oxygens (including phenoxy) is 3. The Hall–Kier alpha value is -2.18. The lowest BCUT2D eigenvalue weighted by molar-refractivity contribution is -0.145. The number of methoxy groups -OCH3 is 2. The Morgan fingerprint density at radius 2 is 1.76 bits per heavy atom. The van der Waals surface area contributed by atoms with E-state index in [1.807, 2.05) is 24.3 Å². The largest absolute Gasteiger partial charge is 0.469 e. The van der Waals surface area contributed by atoms with Crippen molar-refractivity contribution in [2.24, 2.45) is 5.92 Å². The lowest BCUT2D eigenvalue weighted by atomic mass is 9.86. The Kier molecular flexibility index (Phi) is 9.72. The number of hydrogen-bond acceptors (Lipinski definition) is 5. The molecule has 0 N–H and O–H groups in total. The molecule has 0 radical (unpaired) electrons.